The summed E-state index contributed by atoms with van der Waals surface area (Å²) in [4.78, 5) is 24.4. The van der Waals surface area contributed by atoms with Crippen LogP contribution in [0.3, 0.4) is 0 Å². The van der Waals surface area contributed by atoms with Crippen LogP contribution in [-0.4, -0.2) is 24.0 Å². The van der Waals surface area contributed by atoms with Gasteiger partial charge < -0.3 is 5.32 Å². The van der Waals surface area contributed by atoms with Crippen molar-refractivity contribution in [3.8, 4) is 0 Å². The van der Waals surface area contributed by atoms with Crippen LogP contribution in [0.25, 0.3) is 10.8 Å². The lowest BCUT2D eigenvalue weighted by Crippen LogP contribution is -2.22. The van der Waals surface area contributed by atoms with Gasteiger partial charge in [-0.15, -0.1) is 11.8 Å². The number of carbonyl (C=O) groups excluding carboxylic acids is 2. The van der Waals surface area contributed by atoms with Crippen LogP contribution >= 0.6 is 11.8 Å². The maximum absolute atomic E-state index is 12.4. The normalized spacial score (nSPS) is 10.7. The number of hydrogen-bond donors (Lipinski definition) is 1. The molecular weight excluding hydrogens is 342 g/mol. The van der Waals surface area contributed by atoms with E-state index in [9.17, 15) is 9.59 Å². The van der Waals surface area contributed by atoms with E-state index in [1.54, 1.807) is 11.8 Å². The summed E-state index contributed by atoms with van der Waals surface area (Å²) >= 11 is 1.56. The molecule has 0 aliphatic heterocycles. The van der Waals surface area contributed by atoms with Gasteiger partial charge in [-0.3, -0.25) is 9.59 Å². The van der Waals surface area contributed by atoms with Crippen molar-refractivity contribution in [1.82, 2.24) is 5.32 Å². The van der Waals surface area contributed by atoms with Crippen LogP contribution in [0.4, 0.5) is 0 Å². The van der Waals surface area contributed by atoms with Crippen LogP contribution in [0, 0.1) is 0 Å². The summed E-state index contributed by atoms with van der Waals surface area (Å²) in [6, 6.07) is 22.1. The highest BCUT2D eigenvalue weighted by molar-refractivity contribution is 8.00. The van der Waals surface area contributed by atoms with Crippen LogP contribution in [0.2, 0.25) is 0 Å². The molecule has 0 saturated heterocycles. The third kappa shape index (κ3) is 4.96. The lowest BCUT2D eigenvalue weighted by molar-refractivity contribution is -0.118. The molecule has 4 heteroatoms. The SMILES string of the molecule is CC(=O)NCCc1ccc(C(=O)CSc2ccc3ccccc3c2)cc1. The van der Waals surface area contributed by atoms with Gasteiger partial charge in [0.25, 0.3) is 0 Å². The summed E-state index contributed by atoms with van der Waals surface area (Å²) in [5, 5.41) is 5.17. The van der Waals surface area contributed by atoms with Gasteiger partial charge in [0, 0.05) is 23.9 Å². The minimum atomic E-state index is -0.0255. The summed E-state index contributed by atoms with van der Waals surface area (Å²) in [6.45, 7) is 2.12. The Hall–Kier alpha value is -2.59. The Balaban J connectivity index is 1.56. The van der Waals surface area contributed by atoms with E-state index in [0.29, 0.717) is 12.3 Å². The zero-order valence-electron chi connectivity index (χ0n) is 14.7. The third-order valence-electron chi connectivity index (χ3n) is 4.15. The van der Waals surface area contributed by atoms with Gasteiger partial charge in [-0.25, -0.2) is 0 Å². The van der Waals surface area contributed by atoms with Gasteiger partial charge in [0.15, 0.2) is 5.78 Å². The Morgan fingerprint density at radius 3 is 2.38 bits per heavy atom. The molecule has 132 valence electrons. The minimum Gasteiger partial charge on any atom is -0.356 e. The maximum Gasteiger partial charge on any atom is 0.216 e. The predicted molar refractivity (Wildman–Crippen MR) is 108 cm³/mol. The molecule has 0 unspecified atom stereocenters. The van der Waals surface area contributed by atoms with E-state index in [1.165, 1.54) is 17.7 Å². The first kappa shape index (κ1) is 18.2. The first-order valence-corrected chi connectivity index (χ1v) is 9.58. The number of Topliss-reactive ketones (excluding diaryl/α,β-unsaturated/α-hetero) is 1. The average molecular weight is 363 g/mol. The van der Waals surface area contributed by atoms with Crippen molar-refractivity contribution in [2.75, 3.05) is 12.3 Å². The van der Waals surface area contributed by atoms with Crippen molar-refractivity contribution >= 4 is 34.2 Å². The fourth-order valence-corrected chi connectivity index (χ4v) is 3.57. The van der Waals surface area contributed by atoms with Gasteiger partial charge in [0.2, 0.25) is 5.91 Å². The van der Waals surface area contributed by atoms with Crippen molar-refractivity contribution < 1.29 is 9.59 Å². The number of hydrogen-bond acceptors (Lipinski definition) is 3. The number of rotatable bonds is 7. The van der Waals surface area contributed by atoms with Crippen LogP contribution in [0.5, 0.6) is 0 Å². The summed E-state index contributed by atoms with van der Waals surface area (Å²) in [6.07, 6.45) is 0.764. The van der Waals surface area contributed by atoms with Crippen LogP contribution < -0.4 is 5.32 Å². The molecule has 3 aromatic rings. The lowest BCUT2D eigenvalue weighted by atomic mass is 10.1. The van der Waals surface area contributed by atoms with E-state index in [-0.39, 0.29) is 11.7 Å². The summed E-state index contributed by atoms with van der Waals surface area (Å²) in [7, 11) is 0. The minimum absolute atomic E-state index is 0.0255. The standard InChI is InChI=1S/C22H21NO2S/c1-16(24)23-13-12-17-6-8-19(9-7-17)22(25)15-26-21-11-10-18-4-2-3-5-20(18)14-21/h2-11,14H,12-13,15H2,1H3,(H,23,24). The molecule has 1 amide bonds. The predicted octanol–water partition coefficient (Wildman–Crippen LogP) is 4.49. The van der Waals surface area contributed by atoms with E-state index in [2.05, 4.69) is 35.6 Å². The lowest BCUT2D eigenvalue weighted by Gasteiger charge is -2.06. The molecule has 0 aliphatic carbocycles. The quantitative estimate of drug-likeness (QED) is 0.497. The van der Waals surface area contributed by atoms with E-state index in [0.717, 1.165) is 22.4 Å². The Bertz CT molecular complexity index is 919. The second-order valence-corrected chi connectivity index (χ2v) is 7.20. The molecule has 0 aromatic heterocycles. The molecule has 0 saturated carbocycles. The van der Waals surface area contributed by atoms with Crippen molar-refractivity contribution in [2.24, 2.45) is 0 Å². The fourth-order valence-electron chi connectivity index (χ4n) is 2.73. The average Bonchev–Trinajstić information content (AvgIpc) is 2.66. The van der Waals surface area contributed by atoms with Crippen LogP contribution in [0.15, 0.2) is 71.6 Å². The molecular formula is C22H21NO2S. The van der Waals surface area contributed by atoms with Crippen LogP contribution in [0.1, 0.15) is 22.8 Å². The fraction of sp³-hybridized carbons (Fsp3) is 0.182. The highest BCUT2D eigenvalue weighted by Crippen LogP contribution is 2.24. The molecule has 3 nitrogen and oxygen atoms in total. The number of amides is 1. The second kappa shape index (κ2) is 8.68. The van der Waals surface area contributed by atoms with E-state index in [1.807, 2.05) is 36.4 Å². The molecule has 26 heavy (non-hydrogen) atoms. The van der Waals surface area contributed by atoms with Gasteiger partial charge in [0.05, 0.1) is 5.75 Å². The monoisotopic (exact) mass is 363 g/mol. The molecule has 3 rings (SSSR count). The highest BCUT2D eigenvalue weighted by Gasteiger charge is 2.07. The number of fused-ring (bicyclic) bond motifs is 1. The molecule has 0 atom stereocenters. The molecule has 0 bridgehead atoms. The van der Waals surface area contributed by atoms with Crippen molar-refractivity contribution in [3.63, 3.8) is 0 Å². The Morgan fingerprint density at radius 2 is 1.65 bits per heavy atom. The van der Waals surface area contributed by atoms with Gasteiger partial charge in [-0.05, 0) is 34.9 Å². The molecule has 0 heterocycles. The Morgan fingerprint density at radius 1 is 0.923 bits per heavy atom. The molecule has 1 N–H and O–H groups in total. The van der Waals surface area contributed by atoms with Gasteiger partial charge >= 0.3 is 0 Å². The number of ketones is 1. The molecule has 3 aromatic carbocycles. The van der Waals surface area contributed by atoms with Crippen molar-refractivity contribution in [2.45, 2.75) is 18.2 Å². The number of thioether (sulfide) groups is 1. The van der Waals surface area contributed by atoms with Gasteiger partial charge in [-0.1, -0.05) is 54.6 Å². The summed E-state index contributed by atoms with van der Waals surface area (Å²) in [5.41, 5.74) is 1.83. The smallest absolute Gasteiger partial charge is 0.216 e. The number of carbonyl (C=O) groups is 2. The Labute approximate surface area is 157 Å². The van der Waals surface area contributed by atoms with Gasteiger partial charge in [0.1, 0.15) is 0 Å². The summed E-state index contributed by atoms with van der Waals surface area (Å²) < 4.78 is 0. The van der Waals surface area contributed by atoms with Crippen LogP contribution in [-0.2, 0) is 11.2 Å². The molecule has 0 radical (unpaired) electrons. The third-order valence-corrected chi connectivity index (χ3v) is 5.15. The highest BCUT2D eigenvalue weighted by atomic mass is 32.2. The zero-order valence-corrected chi connectivity index (χ0v) is 15.5. The van der Waals surface area contributed by atoms with Crippen molar-refractivity contribution in [1.29, 1.82) is 0 Å². The van der Waals surface area contributed by atoms with E-state index >= 15 is 0 Å². The first-order chi connectivity index (χ1) is 12.6. The number of nitrogens with one attached hydrogen (secondary N) is 1. The second-order valence-electron chi connectivity index (χ2n) is 6.15. The molecule has 0 aliphatic rings. The van der Waals surface area contributed by atoms with Gasteiger partial charge in [-0.2, -0.15) is 0 Å². The Kier molecular flexibility index (Phi) is 6.08. The molecule has 0 spiro atoms. The number of benzene rings is 3. The maximum atomic E-state index is 12.4. The topological polar surface area (TPSA) is 46.2 Å². The van der Waals surface area contributed by atoms with E-state index in [4.69, 9.17) is 0 Å². The molecule has 0 fully saturated rings. The zero-order chi connectivity index (χ0) is 18.4. The first-order valence-electron chi connectivity index (χ1n) is 8.60. The van der Waals surface area contributed by atoms with E-state index < -0.39 is 0 Å². The largest absolute Gasteiger partial charge is 0.356 e. The van der Waals surface area contributed by atoms with Crippen molar-refractivity contribution in [3.05, 3.63) is 77.9 Å². The summed E-state index contributed by atoms with van der Waals surface area (Å²) in [5.74, 6) is 0.517.